The van der Waals surface area contributed by atoms with Gasteiger partial charge in [-0.2, -0.15) is 4.37 Å². The number of carbonyl (C=O) groups excluding carboxylic acids is 1. The molecule has 4 N–H and O–H groups in total. The van der Waals surface area contributed by atoms with Gasteiger partial charge in [0.05, 0.1) is 0 Å². The van der Waals surface area contributed by atoms with Gasteiger partial charge < -0.3 is 16.4 Å². The quantitative estimate of drug-likeness (QED) is 0.799. The number of nitrogens with two attached hydrogens (primary N) is 1. The van der Waals surface area contributed by atoms with Crippen LogP contribution < -0.4 is 16.4 Å². The van der Waals surface area contributed by atoms with Gasteiger partial charge >= 0.3 is 0 Å². The van der Waals surface area contributed by atoms with Crippen LogP contribution in [0.2, 0.25) is 0 Å². The Labute approximate surface area is 129 Å². The first-order valence-electron chi connectivity index (χ1n) is 7.77. The zero-order valence-electron chi connectivity index (χ0n) is 12.7. The number of hydrogen-bond donors (Lipinski definition) is 3. The highest BCUT2D eigenvalue weighted by Crippen LogP contribution is 2.37. The number of amides is 1. The zero-order valence-corrected chi connectivity index (χ0v) is 13.6. The maximum atomic E-state index is 12.3. The van der Waals surface area contributed by atoms with Crippen molar-refractivity contribution in [2.45, 2.75) is 64.5 Å². The standard InChI is InChI=1S/C15H24N4OS/c1-15(2)7-5-10(6-8-15)18-14-11(12(16)19-21-14)13(20)17-9-3-4-9/h9-10,18H,3-8H2,1-2H3,(H2,16,19)(H,17,20). The van der Waals surface area contributed by atoms with E-state index in [2.05, 4.69) is 28.9 Å². The Kier molecular flexibility index (Phi) is 3.82. The highest BCUT2D eigenvalue weighted by atomic mass is 32.1. The first-order valence-corrected chi connectivity index (χ1v) is 8.54. The van der Waals surface area contributed by atoms with Crippen LogP contribution in [0.4, 0.5) is 10.8 Å². The second-order valence-electron chi connectivity index (χ2n) is 7.10. The Balaban J connectivity index is 1.66. The van der Waals surface area contributed by atoms with Gasteiger partial charge in [-0.3, -0.25) is 4.79 Å². The van der Waals surface area contributed by atoms with Crippen molar-refractivity contribution in [3.63, 3.8) is 0 Å². The van der Waals surface area contributed by atoms with Gasteiger partial charge in [-0.25, -0.2) is 0 Å². The number of hydrogen-bond acceptors (Lipinski definition) is 5. The molecule has 0 spiro atoms. The topological polar surface area (TPSA) is 80.0 Å². The van der Waals surface area contributed by atoms with Gasteiger partial charge in [0.15, 0.2) is 5.82 Å². The lowest BCUT2D eigenvalue weighted by atomic mass is 9.75. The molecule has 1 aromatic heterocycles. The molecular weight excluding hydrogens is 284 g/mol. The molecule has 2 saturated carbocycles. The number of nitrogen functional groups attached to an aromatic ring is 1. The average molecular weight is 308 g/mol. The van der Waals surface area contributed by atoms with E-state index >= 15 is 0 Å². The van der Waals surface area contributed by atoms with E-state index in [1.807, 2.05) is 0 Å². The third kappa shape index (κ3) is 3.48. The predicted molar refractivity (Wildman–Crippen MR) is 86.7 cm³/mol. The number of anilines is 2. The van der Waals surface area contributed by atoms with Gasteiger partial charge in [0, 0.05) is 12.1 Å². The van der Waals surface area contributed by atoms with Crippen molar-refractivity contribution in [1.82, 2.24) is 9.69 Å². The molecule has 1 aromatic rings. The molecule has 2 fully saturated rings. The normalized spacial score (nSPS) is 22.0. The van der Waals surface area contributed by atoms with Crippen LogP contribution in [0, 0.1) is 5.41 Å². The summed E-state index contributed by atoms with van der Waals surface area (Å²) in [5, 5.41) is 7.32. The number of nitrogens with one attached hydrogen (secondary N) is 2. The monoisotopic (exact) mass is 308 g/mol. The van der Waals surface area contributed by atoms with Crippen molar-refractivity contribution in [1.29, 1.82) is 0 Å². The lowest BCUT2D eigenvalue weighted by molar-refractivity contribution is 0.0953. The molecule has 2 aliphatic carbocycles. The lowest BCUT2D eigenvalue weighted by Crippen LogP contribution is -2.31. The Morgan fingerprint density at radius 1 is 1.24 bits per heavy atom. The maximum absolute atomic E-state index is 12.3. The van der Waals surface area contributed by atoms with Crippen LogP contribution in [-0.2, 0) is 0 Å². The average Bonchev–Trinajstić information content (AvgIpc) is 3.15. The molecule has 1 heterocycles. The summed E-state index contributed by atoms with van der Waals surface area (Å²) in [6.07, 6.45) is 6.83. The van der Waals surface area contributed by atoms with Crippen LogP contribution in [-0.4, -0.2) is 22.4 Å². The minimum absolute atomic E-state index is 0.0811. The van der Waals surface area contributed by atoms with Crippen LogP contribution in [0.25, 0.3) is 0 Å². The zero-order chi connectivity index (χ0) is 15.0. The molecule has 0 atom stereocenters. The third-order valence-corrected chi connectivity index (χ3v) is 5.33. The van der Waals surface area contributed by atoms with Gasteiger partial charge in [0.25, 0.3) is 5.91 Å². The van der Waals surface area contributed by atoms with Gasteiger partial charge in [0.2, 0.25) is 0 Å². The molecule has 1 amide bonds. The maximum Gasteiger partial charge on any atom is 0.258 e. The molecule has 2 aliphatic rings. The first kappa shape index (κ1) is 14.6. The molecule has 0 aliphatic heterocycles. The number of nitrogens with zero attached hydrogens (tertiary/aromatic N) is 1. The largest absolute Gasteiger partial charge is 0.382 e. The lowest BCUT2D eigenvalue weighted by Gasteiger charge is -2.34. The number of aromatic nitrogens is 1. The second-order valence-corrected chi connectivity index (χ2v) is 7.88. The van der Waals surface area contributed by atoms with Gasteiger partial charge in [0.1, 0.15) is 10.6 Å². The fourth-order valence-corrected chi connectivity index (χ4v) is 3.62. The van der Waals surface area contributed by atoms with Crippen molar-refractivity contribution in [2.24, 2.45) is 5.41 Å². The number of carbonyl (C=O) groups is 1. The summed E-state index contributed by atoms with van der Waals surface area (Å²) in [5.41, 5.74) is 6.87. The van der Waals surface area contributed by atoms with E-state index < -0.39 is 0 Å². The van der Waals surface area contributed by atoms with E-state index in [-0.39, 0.29) is 5.91 Å². The molecule has 0 aromatic carbocycles. The van der Waals surface area contributed by atoms with Crippen LogP contribution >= 0.6 is 11.5 Å². The minimum Gasteiger partial charge on any atom is -0.382 e. The van der Waals surface area contributed by atoms with E-state index in [1.54, 1.807) is 0 Å². The molecule has 0 bridgehead atoms. The Morgan fingerprint density at radius 2 is 1.90 bits per heavy atom. The molecule has 0 radical (unpaired) electrons. The van der Waals surface area contributed by atoms with Gasteiger partial charge in [-0.05, 0) is 55.5 Å². The first-order chi connectivity index (χ1) is 9.94. The van der Waals surface area contributed by atoms with E-state index in [1.165, 1.54) is 24.4 Å². The summed E-state index contributed by atoms with van der Waals surface area (Å²) < 4.78 is 4.16. The van der Waals surface area contributed by atoms with E-state index in [0.29, 0.717) is 28.9 Å². The molecule has 0 unspecified atom stereocenters. The SMILES string of the molecule is CC1(C)CCC(Nc2snc(N)c2C(=O)NC2CC2)CC1. The van der Waals surface area contributed by atoms with E-state index in [4.69, 9.17) is 5.73 Å². The fourth-order valence-electron chi connectivity index (χ4n) is 2.83. The summed E-state index contributed by atoms with van der Waals surface area (Å²) in [6.45, 7) is 4.64. The van der Waals surface area contributed by atoms with Crippen molar-refractivity contribution in [3.05, 3.63) is 5.56 Å². The van der Waals surface area contributed by atoms with E-state index in [9.17, 15) is 4.79 Å². The molecular formula is C15H24N4OS. The van der Waals surface area contributed by atoms with E-state index in [0.717, 1.165) is 30.7 Å². The highest BCUT2D eigenvalue weighted by Gasteiger charge is 2.30. The van der Waals surface area contributed by atoms with Crippen molar-refractivity contribution in [2.75, 3.05) is 11.1 Å². The summed E-state index contributed by atoms with van der Waals surface area (Å²) in [7, 11) is 0. The molecule has 0 saturated heterocycles. The Hall–Kier alpha value is -1.30. The molecule has 5 nitrogen and oxygen atoms in total. The molecule has 116 valence electrons. The van der Waals surface area contributed by atoms with Crippen molar-refractivity contribution in [3.8, 4) is 0 Å². The minimum atomic E-state index is -0.0811. The smallest absolute Gasteiger partial charge is 0.258 e. The molecule has 6 heteroatoms. The summed E-state index contributed by atoms with van der Waals surface area (Å²) >= 11 is 1.30. The predicted octanol–water partition coefficient (Wildman–Crippen LogP) is 3.00. The van der Waals surface area contributed by atoms with Crippen molar-refractivity contribution < 1.29 is 4.79 Å². The van der Waals surface area contributed by atoms with Crippen molar-refractivity contribution >= 4 is 28.3 Å². The number of rotatable bonds is 4. The fraction of sp³-hybridized carbons (Fsp3) is 0.733. The molecule has 3 rings (SSSR count). The van der Waals surface area contributed by atoms with Crippen LogP contribution in [0.3, 0.4) is 0 Å². The van der Waals surface area contributed by atoms with Crippen LogP contribution in [0.5, 0.6) is 0 Å². The Morgan fingerprint density at radius 3 is 2.52 bits per heavy atom. The summed E-state index contributed by atoms with van der Waals surface area (Å²) in [5.74, 6) is 0.263. The summed E-state index contributed by atoms with van der Waals surface area (Å²) in [4.78, 5) is 12.3. The van der Waals surface area contributed by atoms with Crippen LogP contribution in [0.1, 0.15) is 62.7 Å². The second kappa shape index (κ2) is 5.48. The highest BCUT2D eigenvalue weighted by molar-refractivity contribution is 7.11. The molecule has 21 heavy (non-hydrogen) atoms. The van der Waals surface area contributed by atoms with Gasteiger partial charge in [-0.1, -0.05) is 13.8 Å². The Bertz CT molecular complexity index is 526. The summed E-state index contributed by atoms with van der Waals surface area (Å²) in [6, 6.07) is 0.755. The van der Waals surface area contributed by atoms with Crippen LogP contribution in [0.15, 0.2) is 0 Å². The van der Waals surface area contributed by atoms with Gasteiger partial charge in [-0.15, -0.1) is 0 Å². The third-order valence-electron chi connectivity index (χ3n) is 4.53.